The van der Waals surface area contributed by atoms with Crippen LogP contribution in [0, 0.1) is 6.92 Å². The predicted octanol–water partition coefficient (Wildman–Crippen LogP) is 2.03. The first-order chi connectivity index (χ1) is 8.57. The lowest BCUT2D eigenvalue weighted by atomic mass is 10.0. The average Bonchev–Trinajstić information content (AvgIpc) is 2.78. The summed E-state index contributed by atoms with van der Waals surface area (Å²) in [5.41, 5.74) is 7.29. The van der Waals surface area contributed by atoms with E-state index in [0.717, 1.165) is 31.4 Å². The molecular weight excluding hydrogens is 226 g/mol. The van der Waals surface area contributed by atoms with Gasteiger partial charge in [0.2, 0.25) is 0 Å². The SMILES string of the molecule is Cc1ccc(NC(N)=NCC2(O)CCCC2)cc1. The number of guanidine groups is 1. The second-order valence-electron chi connectivity index (χ2n) is 5.12. The third-order valence-corrected chi connectivity index (χ3v) is 3.40. The highest BCUT2D eigenvalue weighted by Crippen LogP contribution is 2.29. The molecule has 18 heavy (non-hydrogen) atoms. The minimum absolute atomic E-state index is 0.360. The summed E-state index contributed by atoms with van der Waals surface area (Å²) in [7, 11) is 0. The Morgan fingerprint density at radius 1 is 1.33 bits per heavy atom. The van der Waals surface area contributed by atoms with Crippen LogP contribution in [0.2, 0.25) is 0 Å². The number of rotatable bonds is 3. The smallest absolute Gasteiger partial charge is 0.193 e. The van der Waals surface area contributed by atoms with E-state index in [9.17, 15) is 5.11 Å². The molecule has 0 atom stereocenters. The summed E-state index contributed by atoms with van der Waals surface area (Å²) in [6, 6.07) is 7.95. The van der Waals surface area contributed by atoms with E-state index < -0.39 is 5.60 Å². The molecule has 0 bridgehead atoms. The first-order valence-electron chi connectivity index (χ1n) is 6.43. The Morgan fingerprint density at radius 2 is 1.94 bits per heavy atom. The van der Waals surface area contributed by atoms with Crippen molar-refractivity contribution in [3.05, 3.63) is 29.8 Å². The molecular formula is C14H21N3O. The summed E-state index contributed by atoms with van der Waals surface area (Å²) in [4.78, 5) is 4.23. The molecule has 1 aliphatic rings. The molecule has 0 spiro atoms. The van der Waals surface area contributed by atoms with Crippen molar-refractivity contribution in [1.29, 1.82) is 0 Å². The van der Waals surface area contributed by atoms with Gasteiger partial charge < -0.3 is 16.2 Å². The van der Waals surface area contributed by atoms with E-state index in [0.29, 0.717) is 12.5 Å². The molecule has 0 radical (unpaired) electrons. The van der Waals surface area contributed by atoms with Crippen LogP contribution in [0.1, 0.15) is 31.2 Å². The van der Waals surface area contributed by atoms with Crippen molar-refractivity contribution in [2.24, 2.45) is 10.7 Å². The minimum Gasteiger partial charge on any atom is -0.388 e. The number of hydrogen-bond donors (Lipinski definition) is 3. The third kappa shape index (κ3) is 3.47. The largest absolute Gasteiger partial charge is 0.388 e. The van der Waals surface area contributed by atoms with Crippen LogP contribution in [-0.4, -0.2) is 23.2 Å². The lowest BCUT2D eigenvalue weighted by Crippen LogP contribution is -2.31. The van der Waals surface area contributed by atoms with Gasteiger partial charge in [0.1, 0.15) is 0 Å². The maximum atomic E-state index is 10.2. The molecule has 0 unspecified atom stereocenters. The molecule has 1 aromatic carbocycles. The zero-order chi connectivity index (χ0) is 13.0. The molecule has 0 saturated heterocycles. The van der Waals surface area contributed by atoms with Crippen molar-refractivity contribution in [1.82, 2.24) is 0 Å². The van der Waals surface area contributed by atoms with Gasteiger partial charge in [0.15, 0.2) is 5.96 Å². The fraction of sp³-hybridized carbons (Fsp3) is 0.500. The quantitative estimate of drug-likeness (QED) is 0.565. The maximum absolute atomic E-state index is 10.2. The van der Waals surface area contributed by atoms with Gasteiger partial charge in [0, 0.05) is 5.69 Å². The molecule has 1 fully saturated rings. The Hall–Kier alpha value is -1.55. The van der Waals surface area contributed by atoms with Crippen molar-refractivity contribution < 1.29 is 5.11 Å². The lowest BCUT2D eigenvalue weighted by molar-refractivity contribution is 0.0575. The average molecular weight is 247 g/mol. The summed E-state index contributed by atoms with van der Waals surface area (Å²) in [6.45, 7) is 2.43. The number of anilines is 1. The zero-order valence-corrected chi connectivity index (χ0v) is 10.8. The van der Waals surface area contributed by atoms with Gasteiger partial charge in [-0.2, -0.15) is 0 Å². The summed E-state index contributed by atoms with van der Waals surface area (Å²) in [5.74, 6) is 0.360. The Bertz CT molecular complexity index is 419. The molecule has 1 aromatic rings. The maximum Gasteiger partial charge on any atom is 0.193 e. The summed E-state index contributed by atoms with van der Waals surface area (Å²) >= 11 is 0. The topological polar surface area (TPSA) is 70.6 Å². The van der Waals surface area contributed by atoms with E-state index in [2.05, 4.69) is 10.3 Å². The number of benzene rings is 1. The minimum atomic E-state index is -0.639. The number of nitrogens with zero attached hydrogens (tertiary/aromatic N) is 1. The molecule has 1 saturated carbocycles. The van der Waals surface area contributed by atoms with E-state index in [1.165, 1.54) is 5.56 Å². The van der Waals surface area contributed by atoms with E-state index >= 15 is 0 Å². The van der Waals surface area contributed by atoms with Gasteiger partial charge in [0.25, 0.3) is 0 Å². The van der Waals surface area contributed by atoms with Gasteiger partial charge >= 0.3 is 0 Å². The number of hydrogen-bond acceptors (Lipinski definition) is 2. The fourth-order valence-corrected chi connectivity index (χ4v) is 2.25. The molecule has 0 aromatic heterocycles. The molecule has 4 N–H and O–H groups in total. The Balaban J connectivity index is 1.90. The Morgan fingerprint density at radius 3 is 2.56 bits per heavy atom. The van der Waals surface area contributed by atoms with Crippen molar-refractivity contribution >= 4 is 11.6 Å². The van der Waals surface area contributed by atoms with Gasteiger partial charge in [-0.25, -0.2) is 0 Å². The van der Waals surface area contributed by atoms with Gasteiger partial charge in [-0.05, 0) is 31.9 Å². The van der Waals surface area contributed by atoms with Crippen LogP contribution in [0.3, 0.4) is 0 Å². The van der Waals surface area contributed by atoms with Crippen LogP contribution in [0.25, 0.3) is 0 Å². The first-order valence-corrected chi connectivity index (χ1v) is 6.43. The molecule has 4 nitrogen and oxygen atoms in total. The van der Waals surface area contributed by atoms with Crippen molar-refractivity contribution in [3.8, 4) is 0 Å². The van der Waals surface area contributed by atoms with Gasteiger partial charge in [0.05, 0.1) is 12.1 Å². The second kappa shape index (κ2) is 5.40. The van der Waals surface area contributed by atoms with Crippen LogP contribution in [0.15, 0.2) is 29.3 Å². The molecule has 0 aliphatic heterocycles. The van der Waals surface area contributed by atoms with Crippen LogP contribution in [0.5, 0.6) is 0 Å². The molecule has 0 heterocycles. The number of aryl methyl sites for hydroxylation is 1. The Kier molecular flexibility index (Phi) is 3.87. The number of aliphatic hydroxyl groups is 1. The second-order valence-corrected chi connectivity index (χ2v) is 5.12. The van der Waals surface area contributed by atoms with Crippen LogP contribution in [-0.2, 0) is 0 Å². The number of nitrogens with two attached hydrogens (primary N) is 1. The summed E-state index contributed by atoms with van der Waals surface area (Å²) < 4.78 is 0. The highest BCUT2D eigenvalue weighted by molar-refractivity contribution is 5.92. The third-order valence-electron chi connectivity index (χ3n) is 3.40. The summed E-state index contributed by atoms with van der Waals surface area (Å²) in [5, 5.41) is 13.2. The highest BCUT2D eigenvalue weighted by atomic mass is 16.3. The molecule has 4 heteroatoms. The standard InChI is InChI=1S/C14H21N3O/c1-11-4-6-12(7-5-11)17-13(15)16-10-14(18)8-2-3-9-14/h4-7,18H,2-3,8-10H2,1H3,(H3,15,16,17). The van der Waals surface area contributed by atoms with Gasteiger partial charge in [-0.1, -0.05) is 30.5 Å². The zero-order valence-electron chi connectivity index (χ0n) is 10.8. The lowest BCUT2D eigenvalue weighted by Gasteiger charge is -2.19. The van der Waals surface area contributed by atoms with Gasteiger partial charge in [-0.15, -0.1) is 0 Å². The van der Waals surface area contributed by atoms with Crippen molar-refractivity contribution in [3.63, 3.8) is 0 Å². The molecule has 1 aliphatic carbocycles. The Labute approximate surface area is 108 Å². The number of aliphatic imine (C=N–C) groups is 1. The first kappa shape index (κ1) is 12.9. The number of nitrogens with one attached hydrogen (secondary N) is 1. The monoisotopic (exact) mass is 247 g/mol. The predicted molar refractivity (Wildman–Crippen MR) is 74.7 cm³/mol. The van der Waals surface area contributed by atoms with E-state index in [1.807, 2.05) is 31.2 Å². The van der Waals surface area contributed by atoms with Gasteiger partial charge in [-0.3, -0.25) is 4.99 Å². The van der Waals surface area contributed by atoms with Crippen molar-refractivity contribution in [2.75, 3.05) is 11.9 Å². The van der Waals surface area contributed by atoms with E-state index in [-0.39, 0.29) is 0 Å². The van der Waals surface area contributed by atoms with Crippen LogP contribution in [0.4, 0.5) is 5.69 Å². The normalized spacial score (nSPS) is 18.9. The molecule has 98 valence electrons. The van der Waals surface area contributed by atoms with E-state index in [4.69, 9.17) is 5.73 Å². The van der Waals surface area contributed by atoms with E-state index in [1.54, 1.807) is 0 Å². The molecule has 0 amide bonds. The molecule has 2 rings (SSSR count). The fourth-order valence-electron chi connectivity index (χ4n) is 2.25. The highest BCUT2D eigenvalue weighted by Gasteiger charge is 2.30. The summed E-state index contributed by atoms with van der Waals surface area (Å²) in [6.07, 6.45) is 3.82. The van der Waals surface area contributed by atoms with Crippen LogP contribution < -0.4 is 11.1 Å². The van der Waals surface area contributed by atoms with Crippen molar-refractivity contribution in [2.45, 2.75) is 38.2 Å². The van der Waals surface area contributed by atoms with Crippen LogP contribution >= 0.6 is 0 Å².